The van der Waals surface area contributed by atoms with Crippen molar-refractivity contribution in [2.45, 2.75) is 12.8 Å². The summed E-state index contributed by atoms with van der Waals surface area (Å²) in [6.07, 6.45) is -5.17. The molecule has 0 aliphatic rings. The summed E-state index contributed by atoms with van der Waals surface area (Å²) < 4.78 is 38.1. The maximum Gasteiger partial charge on any atom is 0.484 e. The van der Waals surface area contributed by atoms with E-state index in [1.165, 1.54) is 12.1 Å². The third-order valence-corrected chi connectivity index (χ3v) is 2.62. The van der Waals surface area contributed by atoms with E-state index in [1.54, 1.807) is 0 Å². The Hall–Kier alpha value is -2.85. The van der Waals surface area contributed by atoms with Crippen molar-refractivity contribution < 1.29 is 27.5 Å². The lowest BCUT2D eigenvalue weighted by atomic mass is 10.2. The first-order valence-corrected chi connectivity index (χ1v) is 5.34. The molecule has 0 radical (unpaired) electrons. The van der Waals surface area contributed by atoms with E-state index in [-0.39, 0.29) is 10.2 Å². The van der Waals surface area contributed by atoms with E-state index in [1.807, 2.05) is 0 Å². The molecule has 11 heteroatoms. The highest BCUT2D eigenvalue weighted by Crippen LogP contribution is 2.30. The van der Waals surface area contributed by atoms with E-state index in [0.29, 0.717) is 0 Å². The maximum absolute atomic E-state index is 12.9. The van der Waals surface area contributed by atoms with Crippen molar-refractivity contribution in [1.82, 2.24) is 4.73 Å². The van der Waals surface area contributed by atoms with Gasteiger partial charge in [-0.25, -0.2) is 0 Å². The summed E-state index contributed by atoms with van der Waals surface area (Å²) in [5.74, 6) is 0. The van der Waals surface area contributed by atoms with Crippen LogP contribution in [0.1, 0.15) is 11.4 Å². The monoisotopic (exact) mass is 305 g/mol. The molecule has 1 aromatic heterocycles. The second-order valence-electron chi connectivity index (χ2n) is 3.87. The summed E-state index contributed by atoms with van der Waals surface area (Å²) in [7, 11) is 0. The van der Waals surface area contributed by atoms with Crippen LogP contribution in [0.4, 0.5) is 13.2 Å². The lowest BCUT2D eigenvalue weighted by Gasteiger charge is -2.18. The van der Waals surface area contributed by atoms with Crippen LogP contribution in [0.3, 0.4) is 0 Å². The van der Waals surface area contributed by atoms with Crippen LogP contribution in [0.5, 0.6) is 0 Å². The van der Waals surface area contributed by atoms with Crippen LogP contribution in [0.15, 0.2) is 24.3 Å². The van der Waals surface area contributed by atoms with Crippen LogP contribution in [0.25, 0.3) is 11.0 Å². The fourth-order valence-corrected chi connectivity index (χ4v) is 1.81. The van der Waals surface area contributed by atoms with Gasteiger partial charge >= 0.3 is 11.9 Å². The van der Waals surface area contributed by atoms with Crippen molar-refractivity contribution in [1.29, 1.82) is 0 Å². The summed E-state index contributed by atoms with van der Waals surface area (Å²) in [4.78, 5) is 25.7. The van der Waals surface area contributed by atoms with Gasteiger partial charge in [-0.05, 0) is 6.07 Å². The van der Waals surface area contributed by atoms with E-state index in [9.17, 15) is 33.4 Å². The summed E-state index contributed by atoms with van der Waals surface area (Å²) in [5.41, 5.74) is -3.90. The zero-order valence-corrected chi connectivity index (χ0v) is 10.0. The molecule has 0 amide bonds. The molecule has 1 aromatic carbocycles. The highest BCUT2D eigenvalue weighted by molar-refractivity contribution is 5.72. The Morgan fingerprint density at radius 1 is 1.33 bits per heavy atom. The molecule has 2 rings (SSSR count). The van der Waals surface area contributed by atoms with E-state index < -0.39 is 39.2 Å². The van der Waals surface area contributed by atoms with Crippen molar-refractivity contribution in [2.24, 2.45) is 0 Å². The minimum atomic E-state index is -5.17. The molecule has 0 saturated heterocycles. The molecule has 0 spiro atoms. The Morgan fingerprint density at radius 3 is 2.52 bits per heavy atom. The second-order valence-corrected chi connectivity index (χ2v) is 3.87. The molecular formula is C10H6F3N3O5. The summed E-state index contributed by atoms with van der Waals surface area (Å²) in [6.45, 7) is -1.29. The van der Waals surface area contributed by atoms with Crippen LogP contribution >= 0.6 is 0 Å². The van der Waals surface area contributed by atoms with Crippen LogP contribution in [0, 0.1) is 20.2 Å². The Labute approximate surface area is 113 Å². The molecule has 2 aromatic rings. The molecule has 112 valence electrons. The fraction of sp³-hybridized carbons (Fsp3) is 0.200. The van der Waals surface area contributed by atoms with Gasteiger partial charge in [0.15, 0.2) is 0 Å². The molecule has 0 unspecified atom stereocenters. The van der Waals surface area contributed by atoms with Gasteiger partial charge in [-0.15, -0.1) is 10.1 Å². The van der Waals surface area contributed by atoms with Crippen LogP contribution < -0.4 is 4.43 Å². The van der Waals surface area contributed by atoms with Crippen molar-refractivity contribution in [3.63, 3.8) is 0 Å². The molecule has 21 heavy (non-hydrogen) atoms. The van der Waals surface area contributed by atoms with Gasteiger partial charge in [-0.2, -0.15) is 13.2 Å². The van der Waals surface area contributed by atoms with Crippen LogP contribution in [-0.2, 0) is 17.6 Å². The number of hydrogen-bond donors (Lipinski definition) is 0. The number of nitrogens with zero attached hydrogens (tertiary/aromatic N) is 3. The number of alkyl halides is 3. The number of halogens is 3. The van der Waals surface area contributed by atoms with Crippen LogP contribution in [0.2, 0.25) is 0 Å². The Balaban J connectivity index is 2.82. The lowest BCUT2D eigenvalue weighted by molar-refractivity contribution is -0.763. The average Bonchev–Trinajstić information content (AvgIpc) is 2.39. The summed E-state index contributed by atoms with van der Waals surface area (Å²) >= 11 is 0. The normalized spacial score (nSPS) is 11.6. The van der Waals surface area contributed by atoms with E-state index in [0.717, 1.165) is 12.1 Å². The third kappa shape index (κ3) is 2.57. The highest BCUT2D eigenvalue weighted by Gasteiger charge is 2.46. The predicted molar refractivity (Wildman–Crippen MR) is 60.9 cm³/mol. The van der Waals surface area contributed by atoms with Crippen LogP contribution in [-0.4, -0.2) is 9.82 Å². The Bertz CT molecular complexity index is 771. The molecule has 8 nitrogen and oxygen atoms in total. The topological polar surface area (TPSA) is 103 Å². The van der Waals surface area contributed by atoms with Gasteiger partial charge in [0.1, 0.15) is 17.8 Å². The molecule has 1 heterocycles. The van der Waals surface area contributed by atoms with Crippen molar-refractivity contribution >= 4 is 11.0 Å². The second kappa shape index (κ2) is 4.92. The van der Waals surface area contributed by atoms with E-state index >= 15 is 0 Å². The zero-order chi connectivity index (χ0) is 15.8. The maximum atomic E-state index is 12.9. The van der Waals surface area contributed by atoms with Gasteiger partial charge in [0, 0.05) is 11.0 Å². The average molecular weight is 305 g/mol. The molecule has 0 saturated carbocycles. The SMILES string of the molecule is O=[N+]([O-])OCc1c(C(F)(F)F)[n+](=O)c2ccccc2n1[O-]. The third-order valence-electron chi connectivity index (χ3n) is 2.62. The molecule has 0 fully saturated rings. The molecule has 0 bridgehead atoms. The number of rotatable bonds is 3. The van der Waals surface area contributed by atoms with Crippen molar-refractivity contribution in [3.8, 4) is 0 Å². The Kier molecular flexibility index (Phi) is 3.41. The van der Waals surface area contributed by atoms with Gasteiger partial charge in [0.05, 0.1) is 4.43 Å². The minimum Gasteiger partial charge on any atom is -0.805 e. The number of aromatic nitrogens is 2. The minimum absolute atomic E-state index is 0.198. The first-order chi connectivity index (χ1) is 9.73. The van der Waals surface area contributed by atoms with E-state index in [2.05, 4.69) is 4.84 Å². The molecule has 0 aliphatic carbocycles. The Morgan fingerprint density at radius 2 is 1.95 bits per heavy atom. The van der Waals surface area contributed by atoms with Crippen molar-refractivity contribution in [3.05, 3.63) is 55.9 Å². The lowest BCUT2D eigenvalue weighted by Crippen LogP contribution is -2.34. The largest absolute Gasteiger partial charge is 0.805 e. The first kappa shape index (κ1) is 14.6. The zero-order valence-electron chi connectivity index (χ0n) is 10.0. The number of para-hydroxylation sites is 2. The number of fused-ring (bicyclic) bond motifs is 1. The number of benzene rings is 1. The molecule has 0 atom stereocenters. The van der Waals surface area contributed by atoms with Gasteiger partial charge < -0.3 is 14.8 Å². The highest BCUT2D eigenvalue weighted by atomic mass is 19.4. The van der Waals surface area contributed by atoms with Gasteiger partial charge in [0.25, 0.3) is 10.6 Å². The predicted octanol–water partition coefficient (Wildman–Crippen LogP) is 1.63. The molecule has 0 aliphatic heterocycles. The summed E-state index contributed by atoms with van der Waals surface area (Å²) in [5, 5.41) is 20.7. The van der Waals surface area contributed by atoms with Gasteiger partial charge in [-0.3, -0.25) is 0 Å². The smallest absolute Gasteiger partial charge is 0.484 e. The molecule has 0 N–H and O–H groups in total. The van der Waals surface area contributed by atoms with Crippen molar-refractivity contribution in [2.75, 3.05) is 0 Å². The van der Waals surface area contributed by atoms with Gasteiger partial charge in [-0.1, -0.05) is 12.1 Å². The number of hydrogen-bond acceptors (Lipinski definition) is 5. The standard InChI is InChI=1S/C10H6F3N3O5/c11-10(12,13)9-8(5-21-16(19)20)14(17)6-3-1-2-4-7(6)15(9)18/h1-4H,5H2. The summed E-state index contributed by atoms with van der Waals surface area (Å²) in [6, 6.07) is 4.77. The first-order valence-electron chi connectivity index (χ1n) is 5.34. The quantitative estimate of drug-likeness (QED) is 0.487. The van der Waals surface area contributed by atoms with E-state index in [4.69, 9.17) is 0 Å². The van der Waals surface area contributed by atoms with Gasteiger partial charge in [0.2, 0.25) is 0 Å². The molecular weight excluding hydrogens is 299 g/mol. The fourth-order valence-electron chi connectivity index (χ4n) is 1.81.